The van der Waals surface area contributed by atoms with Gasteiger partial charge in [0.15, 0.2) is 0 Å². The number of rotatable bonds is 3. The highest BCUT2D eigenvalue weighted by atomic mass is 79.9. The maximum absolute atomic E-state index is 11.5. The van der Waals surface area contributed by atoms with Gasteiger partial charge >= 0.3 is 5.97 Å². The predicted molar refractivity (Wildman–Crippen MR) is 77.1 cm³/mol. The van der Waals surface area contributed by atoms with Gasteiger partial charge in [0.05, 0.1) is 7.11 Å². The quantitative estimate of drug-likeness (QED) is 0.803. The third kappa shape index (κ3) is 3.33. The van der Waals surface area contributed by atoms with Crippen molar-refractivity contribution in [2.75, 3.05) is 7.11 Å². The van der Waals surface area contributed by atoms with Crippen LogP contribution in [0.5, 0.6) is 11.6 Å². The van der Waals surface area contributed by atoms with Gasteiger partial charge in [-0.1, -0.05) is 15.9 Å². The summed E-state index contributed by atoms with van der Waals surface area (Å²) >= 11 is 3.42. The molecule has 0 aliphatic rings. The zero-order chi connectivity index (χ0) is 14.7. The van der Waals surface area contributed by atoms with E-state index in [0.717, 1.165) is 10.0 Å². The maximum atomic E-state index is 11.5. The van der Waals surface area contributed by atoms with Gasteiger partial charge in [-0.05, 0) is 37.6 Å². The Morgan fingerprint density at radius 2 is 1.95 bits per heavy atom. The Balaban J connectivity index is 2.31. The fourth-order valence-corrected chi connectivity index (χ4v) is 1.82. The lowest BCUT2D eigenvalue weighted by atomic mass is 10.2. The highest BCUT2D eigenvalue weighted by Crippen LogP contribution is 2.25. The summed E-state index contributed by atoms with van der Waals surface area (Å²) in [7, 11) is 1.28. The largest absolute Gasteiger partial charge is 0.463 e. The molecule has 1 aromatic heterocycles. The zero-order valence-corrected chi connectivity index (χ0v) is 12.9. The molecule has 5 nitrogen and oxygen atoms in total. The lowest BCUT2D eigenvalue weighted by Crippen LogP contribution is -2.09. The Morgan fingerprint density at radius 3 is 2.60 bits per heavy atom. The molecule has 0 saturated carbocycles. The van der Waals surface area contributed by atoms with Crippen LogP contribution in [0.4, 0.5) is 0 Å². The van der Waals surface area contributed by atoms with E-state index < -0.39 is 5.97 Å². The van der Waals surface area contributed by atoms with Gasteiger partial charge in [0.1, 0.15) is 5.75 Å². The van der Waals surface area contributed by atoms with Crippen molar-refractivity contribution in [3.8, 4) is 11.6 Å². The minimum Gasteiger partial charge on any atom is -0.463 e. The van der Waals surface area contributed by atoms with E-state index in [1.54, 1.807) is 13.0 Å². The normalized spacial score (nSPS) is 10.2. The Morgan fingerprint density at radius 1 is 1.20 bits per heavy atom. The summed E-state index contributed by atoms with van der Waals surface area (Å²) in [5, 5.41) is 0. The van der Waals surface area contributed by atoms with Crippen LogP contribution in [0.15, 0.2) is 28.7 Å². The third-order valence-electron chi connectivity index (χ3n) is 2.55. The number of nitrogens with zero attached hydrogens (tertiary/aromatic N) is 2. The van der Waals surface area contributed by atoms with Crippen LogP contribution in [0.2, 0.25) is 0 Å². The summed E-state index contributed by atoms with van der Waals surface area (Å²) in [6, 6.07) is 7.23. The first-order valence-corrected chi connectivity index (χ1v) is 6.67. The average molecular weight is 337 g/mol. The Labute approximate surface area is 125 Å². The van der Waals surface area contributed by atoms with Crippen molar-refractivity contribution in [3.05, 3.63) is 45.8 Å². The number of halogens is 1. The van der Waals surface area contributed by atoms with Crippen LogP contribution in [0.3, 0.4) is 0 Å². The van der Waals surface area contributed by atoms with E-state index in [4.69, 9.17) is 4.74 Å². The van der Waals surface area contributed by atoms with E-state index in [-0.39, 0.29) is 5.82 Å². The molecule has 20 heavy (non-hydrogen) atoms. The van der Waals surface area contributed by atoms with E-state index in [1.807, 2.05) is 25.1 Å². The van der Waals surface area contributed by atoms with Gasteiger partial charge in [-0.25, -0.2) is 9.78 Å². The lowest BCUT2D eigenvalue weighted by Gasteiger charge is -2.08. The van der Waals surface area contributed by atoms with Crippen molar-refractivity contribution < 1.29 is 14.3 Å². The molecule has 2 rings (SSSR count). The first-order chi connectivity index (χ1) is 9.49. The smallest absolute Gasteiger partial charge is 0.376 e. The van der Waals surface area contributed by atoms with Gasteiger partial charge in [-0.15, -0.1) is 0 Å². The van der Waals surface area contributed by atoms with Crippen molar-refractivity contribution in [2.45, 2.75) is 13.8 Å². The van der Waals surface area contributed by atoms with E-state index in [1.165, 1.54) is 7.11 Å². The number of ether oxygens (including phenoxy) is 2. The molecule has 2 aromatic rings. The SMILES string of the molecule is COC(=O)c1nc(C)cc(Oc2ccc(Br)c(C)c2)n1. The molecule has 0 saturated heterocycles. The van der Waals surface area contributed by atoms with E-state index in [0.29, 0.717) is 17.3 Å². The first kappa shape index (κ1) is 14.5. The standard InChI is InChI=1S/C14H13BrN2O3/c1-8-6-10(4-5-11(8)15)20-12-7-9(2)16-13(17-12)14(18)19-3/h4-7H,1-3H3. The number of hydrogen-bond acceptors (Lipinski definition) is 5. The van der Waals surface area contributed by atoms with Crippen molar-refractivity contribution in [1.82, 2.24) is 9.97 Å². The molecule has 104 valence electrons. The average Bonchev–Trinajstić information content (AvgIpc) is 2.41. The molecular weight excluding hydrogens is 324 g/mol. The van der Waals surface area contributed by atoms with Gasteiger partial charge in [-0.2, -0.15) is 4.98 Å². The van der Waals surface area contributed by atoms with Gasteiger partial charge in [-0.3, -0.25) is 0 Å². The molecule has 0 atom stereocenters. The van der Waals surface area contributed by atoms with Gasteiger partial charge in [0, 0.05) is 16.2 Å². The Bertz CT molecular complexity index is 659. The van der Waals surface area contributed by atoms with Crippen LogP contribution in [0, 0.1) is 13.8 Å². The molecular formula is C14H13BrN2O3. The van der Waals surface area contributed by atoms with Crippen molar-refractivity contribution in [2.24, 2.45) is 0 Å². The van der Waals surface area contributed by atoms with Crippen LogP contribution in [0.1, 0.15) is 21.9 Å². The molecule has 0 aliphatic carbocycles. The summed E-state index contributed by atoms with van der Waals surface area (Å²) < 4.78 is 11.3. The number of benzene rings is 1. The van der Waals surface area contributed by atoms with Crippen LogP contribution < -0.4 is 4.74 Å². The summed E-state index contributed by atoms with van der Waals surface area (Å²) in [5.41, 5.74) is 1.67. The van der Waals surface area contributed by atoms with Gasteiger partial charge < -0.3 is 9.47 Å². The number of methoxy groups -OCH3 is 1. The lowest BCUT2D eigenvalue weighted by molar-refractivity contribution is 0.0585. The molecule has 0 N–H and O–H groups in total. The second kappa shape index (κ2) is 6.00. The number of aryl methyl sites for hydroxylation is 2. The number of esters is 1. The summed E-state index contributed by atoms with van der Waals surface area (Å²) in [6.07, 6.45) is 0. The summed E-state index contributed by atoms with van der Waals surface area (Å²) in [4.78, 5) is 19.5. The molecule has 0 radical (unpaired) electrons. The van der Waals surface area contributed by atoms with Gasteiger partial charge in [0.2, 0.25) is 11.7 Å². The van der Waals surface area contributed by atoms with E-state index >= 15 is 0 Å². The molecule has 0 bridgehead atoms. The number of aromatic nitrogens is 2. The molecule has 0 spiro atoms. The van der Waals surface area contributed by atoms with E-state index in [9.17, 15) is 4.79 Å². The highest BCUT2D eigenvalue weighted by Gasteiger charge is 2.12. The molecule has 0 aliphatic heterocycles. The topological polar surface area (TPSA) is 61.3 Å². The molecule has 1 aromatic carbocycles. The Hall–Kier alpha value is -1.95. The minimum atomic E-state index is -0.592. The molecule has 0 amide bonds. The highest BCUT2D eigenvalue weighted by molar-refractivity contribution is 9.10. The van der Waals surface area contributed by atoms with Crippen LogP contribution in [0.25, 0.3) is 0 Å². The number of hydrogen-bond donors (Lipinski definition) is 0. The molecule has 1 heterocycles. The fraction of sp³-hybridized carbons (Fsp3) is 0.214. The predicted octanol–water partition coefficient (Wildman–Crippen LogP) is 3.43. The summed E-state index contributed by atoms with van der Waals surface area (Å²) in [5.74, 6) is 0.334. The second-order valence-corrected chi connectivity index (χ2v) is 5.03. The van der Waals surface area contributed by atoms with Crippen molar-refractivity contribution in [1.29, 1.82) is 0 Å². The minimum absolute atomic E-state index is 0.0173. The molecule has 0 unspecified atom stereocenters. The van der Waals surface area contributed by atoms with E-state index in [2.05, 4.69) is 30.6 Å². The fourth-order valence-electron chi connectivity index (χ4n) is 1.58. The second-order valence-electron chi connectivity index (χ2n) is 4.18. The zero-order valence-electron chi connectivity index (χ0n) is 11.3. The van der Waals surface area contributed by atoms with Crippen molar-refractivity contribution >= 4 is 21.9 Å². The van der Waals surface area contributed by atoms with Crippen molar-refractivity contribution in [3.63, 3.8) is 0 Å². The maximum Gasteiger partial charge on any atom is 0.376 e. The molecule has 0 fully saturated rings. The number of carbonyl (C=O) groups is 1. The summed E-state index contributed by atoms with van der Waals surface area (Å²) in [6.45, 7) is 3.72. The monoisotopic (exact) mass is 336 g/mol. The first-order valence-electron chi connectivity index (χ1n) is 5.87. The van der Waals surface area contributed by atoms with Gasteiger partial charge in [0.25, 0.3) is 0 Å². The van der Waals surface area contributed by atoms with Crippen LogP contribution in [-0.4, -0.2) is 23.0 Å². The van der Waals surface area contributed by atoms with Crippen LogP contribution >= 0.6 is 15.9 Å². The number of carbonyl (C=O) groups excluding carboxylic acids is 1. The Kier molecular flexibility index (Phi) is 4.34. The van der Waals surface area contributed by atoms with Crippen LogP contribution in [-0.2, 0) is 4.74 Å². The molecule has 6 heteroatoms. The third-order valence-corrected chi connectivity index (χ3v) is 3.44.